The van der Waals surface area contributed by atoms with Crippen LogP contribution in [0.5, 0.6) is 0 Å². The van der Waals surface area contributed by atoms with E-state index < -0.39 is 10.0 Å². The standard InChI is InChI=1S/C29H45N3O4S/c1-8-31(9-2)26(34)21-11-10-14-32(18-21)37(35,36)24-16-22(15-19(3)20(24)4)25(33)30-27-28(5,6)23-12-13-29(27,7)17-23/h15-16,21,23,27H,8-14,17-18H2,1-7H3,(H,30,33). The zero-order valence-electron chi connectivity index (χ0n) is 23.7. The lowest BCUT2D eigenvalue weighted by Crippen LogP contribution is -2.52. The number of carbonyl (C=O) groups excluding carboxylic acids is 2. The molecule has 0 radical (unpaired) electrons. The summed E-state index contributed by atoms with van der Waals surface area (Å²) in [5, 5.41) is 3.31. The molecule has 206 valence electrons. The predicted molar refractivity (Wildman–Crippen MR) is 146 cm³/mol. The number of carbonyl (C=O) groups is 2. The van der Waals surface area contributed by atoms with Gasteiger partial charge in [-0.1, -0.05) is 20.8 Å². The normalized spacial score (nSPS) is 29.3. The van der Waals surface area contributed by atoms with Crippen LogP contribution in [-0.4, -0.2) is 61.7 Å². The summed E-state index contributed by atoms with van der Waals surface area (Å²) in [6, 6.07) is 3.40. The van der Waals surface area contributed by atoms with E-state index in [1.54, 1.807) is 24.0 Å². The Labute approximate surface area is 223 Å². The minimum absolute atomic E-state index is 0.0114. The Balaban J connectivity index is 1.60. The van der Waals surface area contributed by atoms with Crippen LogP contribution in [0.25, 0.3) is 0 Å². The largest absolute Gasteiger partial charge is 0.348 e. The number of piperidine rings is 1. The lowest BCUT2D eigenvalue weighted by molar-refractivity contribution is -0.136. The van der Waals surface area contributed by atoms with Crippen LogP contribution in [0.1, 0.15) is 88.2 Å². The van der Waals surface area contributed by atoms with Crippen LogP contribution in [-0.2, 0) is 14.8 Å². The predicted octanol–water partition coefficient (Wildman–Crippen LogP) is 4.52. The van der Waals surface area contributed by atoms with Crippen molar-refractivity contribution in [1.82, 2.24) is 14.5 Å². The molecular formula is C29H45N3O4S. The van der Waals surface area contributed by atoms with E-state index in [2.05, 4.69) is 26.1 Å². The first-order valence-electron chi connectivity index (χ1n) is 14.0. The fourth-order valence-electron chi connectivity index (χ4n) is 7.40. The van der Waals surface area contributed by atoms with Crippen LogP contribution < -0.4 is 5.32 Å². The third kappa shape index (κ3) is 4.84. The first-order chi connectivity index (χ1) is 17.3. The lowest BCUT2D eigenvalue weighted by Gasteiger charge is -2.43. The molecule has 7 nitrogen and oxygen atoms in total. The van der Waals surface area contributed by atoms with Crippen LogP contribution in [0.15, 0.2) is 17.0 Å². The second kappa shape index (κ2) is 9.99. The summed E-state index contributed by atoms with van der Waals surface area (Å²) in [6.45, 7) is 16.1. The van der Waals surface area contributed by atoms with Crippen molar-refractivity contribution in [3.8, 4) is 0 Å². The van der Waals surface area contributed by atoms with E-state index >= 15 is 0 Å². The summed E-state index contributed by atoms with van der Waals surface area (Å²) in [4.78, 5) is 28.5. The molecule has 2 amide bonds. The van der Waals surface area contributed by atoms with E-state index in [1.807, 2.05) is 20.8 Å². The van der Waals surface area contributed by atoms with Crippen LogP contribution in [0.3, 0.4) is 0 Å². The van der Waals surface area contributed by atoms with Gasteiger partial charge in [-0.3, -0.25) is 9.59 Å². The van der Waals surface area contributed by atoms with Crippen molar-refractivity contribution in [3.05, 3.63) is 28.8 Å². The Kier molecular flexibility index (Phi) is 7.58. The van der Waals surface area contributed by atoms with E-state index in [0.29, 0.717) is 49.5 Å². The molecule has 1 aliphatic heterocycles. The van der Waals surface area contributed by atoms with Crippen molar-refractivity contribution in [2.24, 2.45) is 22.7 Å². The SMILES string of the molecule is CCN(CC)C(=O)C1CCCN(S(=O)(=O)c2cc(C(=O)NC3C4(C)CCC(C4)C3(C)C)cc(C)c2C)C1. The van der Waals surface area contributed by atoms with Crippen LogP contribution in [0.2, 0.25) is 0 Å². The third-order valence-electron chi connectivity index (χ3n) is 9.85. The Morgan fingerprint density at radius 2 is 1.78 bits per heavy atom. The number of hydrogen-bond donors (Lipinski definition) is 1. The first-order valence-corrected chi connectivity index (χ1v) is 15.4. The van der Waals surface area contributed by atoms with Crippen LogP contribution in [0, 0.1) is 36.5 Å². The van der Waals surface area contributed by atoms with Crippen molar-refractivity contribution in [2.75, 3.05) is 26.2 Å². The highest BCUT2D eigenvalue weighted by atomic mass is 32.2. The maximum absolute atomic E-state index is 13.9. The molecule has 37 heavy (non-hydrogen) atoms. The van der Waals surface area contributed by atoms with Gasteiger partial charge < -0.3 is 10.2 Å². The molecule has 4 unspecified atom stereocenters. The Bertz CT molecular complexity index is 1170. The Morgan fingerprint density at radius 1 is 1.11 bits per heavy atom. The summed E-state index contributed by atoms with van der Waals surface area (Å²) in [6.07, 6.45) is 4.78. The molecule has 2 aliphatic carbocycles. The maximum Gasteiger partial charge on any atom is 0.251 e. The van der Waals surface area contributed by atoms with E-state index in [0.717, 1.165) is 18.4 Å². The molecule has 1 N–H and O–H groups in total. The second-order valence-electron chi connectivity index (χ2n) is 12.5. The van der Waals surface area contributed by atoms with Gasteiger partial charge >= 0.3 is 0 Å². The van der Waals surface area contributed by atoms with Gasteiger partial charge in [0, 0.05) is 37.8 Å². The number of amides is 2. The van der Waals surface area contributed by atoms with Gasteiger partial charge in [0.1, 0.15) is 0 Å². The van der Waals surface area contributed by atoms with Gasteiger partial charge in [0.2, 0.25) is 15.9 Å². The van der Waals surface area contributed by atoms with Crippen molar-refractivity contribution in [2.45, 2.75) is 91.5 Å². The molecule has 3 fully saturated rings. The fraction of sp³-hybridized carbons (Fsp3) is 0.724. The maximum atomic E-state index is 13.9. The van der Waals surface area contributed by atoms with E-state index in [4.69, 9.17) is 0 Å². The van der Waals surface area contributed by atoms with Gasteiger partial charge in [-0.05, 0) is 99.8 Å². The van der Waals surface area contributed by atoms with E-state index in [1.165, 1.54) is 10.7 Å². The molecule has 1 saturated heterocycles. The molecule has 1 aromatic carbocycles. The monoisotopic (exact) mass is 531 g/mol. The Morgan fingerprint density at radius 3 is 2.38 bits per heavy atom. The highest BCUT2D eigenvalue weighted by Gasteiger charge is 2.59. The van der Waals surface area contributed by atoms with Crippen LogP contribution >= 0.6 is 0 Å². The van der Waals surface area contributed by atoms with Crippen LogP contribution in [0.4, 0.5) is 0 Å². The van der Waals surface area contributed by atoms with Crippen molar-refractivity contribution >= 4 is 21.8 Å². The number of fused-ring (bicyclic) bond motifs is 2. The van der Waals surface area contributed by atoms with Gasteiger partial charge in [-0.15, -0.1) is 0 Å². The zero-order valence-corrected chi connectivity index (χ0v) is 24.5. The molecule has 8 heteroatoms. The molecule has 3 aliphatic rings. The van der Waals surface area contributed by atoms with Crippen molar-refractivity contribution in [3.63, 3.8) is 0 Å². The minimum atomic E-state index is -3.86. The Hall–Kier alpha value is -1.93. The summed E-state index contributed by atoms with van der Waals surface area (Å²) in [5.74, 6) is 0.0780. The van der Waals surface area contributed by atoms with Gasteiger partial charge in [0.05, 0.1) is 10.8 Å². The summed E-state index contributed by atoms with van der Waals surface area (Å²) >= 11 is 0. The van der Waals surface area contributed by atoms with Gasteiger partial charge in [-0.25, -0.2) is 8.42 Å². The number of rotatable bonds is 7. The van der Waals surface area contributed by atoms with Gasteiger partial charge in [-0.2, -0.15) is 4.31 Å². The topological polar surface area (TPSA) is 86.8 Å². The van der Waals surface area contributed by atoms with Gasteiger partial charge in [0.25, 0.3) is 5.91 Å². The molecule has 4 rings (SSSR count). The second-order valence-corrected chi connectivity index (χ2v) is 14.4. The summed E-state index contributed by atoms with van der Waals surface area (Å²) in [5.41, 5.74) is 1.91. The molecule has 2 saturated carbocycles. The van der Waals surface area contributed by atoms with E-state index in [9.17, 15) is 18.0 Å². The average molecular weight is 532 g/mol. The molecule has 1 heterocycles. The number of hydrogen-bond acceptors (Lipinski definition) is 4. The molecular weight excluding hydrogens is 486 g/mol. The lowest BCUT2D eigenvalue weighted by atomic mass is 9.68. The quantitative estimate of drug-likeness (QED) is 0.561. The third-order valence-corrected chi connectivity index (χ3v) is 11.8. The number of aryl methyl sites for hydroxylation is 1. The summed E-state index contributed by atoms with van der Waals surface area (Å²) < 4.78 is 29.2. The number of benzene rings is 1. The highest BCUT2D eigenvalue weighted by Crippen LogP contribution is 2.62. The molecule has 2 bridgehead atoms. The number of sulfonamides is 1. The van der Waals surface area contributed by atoms with E-state index in [-0.39, 0.29) is 46.0 Å². The number of nitrogens with one attached hydrogen (secondary N) is 1. The zero-order chi connectivity index (χ0) is 27.3. The molecule has 4 atom stereocenters. The van der Waals surface area contributed by atoms with Crippen molar-refractivity contribution < 1.29 is 18.0 Å². The molecule has 1 aromatic rings. The molecule has 0 aromatic heterocycles. The molecule has 0 spiro atoms. The fourth-order valence-corrected chi connectivity index (χ4v) is 9.25. The number of nitrogens with zero attached hydrogens (tertiary/aromatic N) is 2. The highest BCUT2D eigenvalue weighted by molar-refractivity contribution is 7.89. The van der Waals surface area contributed by atoms with Crippen molar-refractivity contribution in [1.29, 1.82) is 0 Å². The first kappa shape index (κ1) is 28.1. The van der Waals surface area contributed by atoms with Gasteiger partial charge in [0.15, 0.2) is 0 Å². The smallest absolute Gasteiger partial charge is 0.251 e. The average Bonchev–Trinajstić information content (AvgIpc) is 3.34. The summed E-state index contributed by atoms with van der Waals surface area (Å²) in [7, 11) is -3.86. The minimum Gasteiger partial charge on any atom is -0.348 e.